The lowest BCUT2D eigenvalue weighted by Gasteiger charge is -2.54. The lowest BCUT2D eigenvalue weighted by atomic mass is 9.61. The molecule has 0 radical (unpaired) electrons. The van der Waals surface area contributed by atoms with Gasteiger partial charge >= 0.3 is 0 Å². The molecule has 3 heteroatoms. The second kappa shape index (κ2) is 3.27. The van der Waals surface area contributed by atoms with Gasteiger partial charge < -0.3 is 0 Å². The number of likely N-dealkylation sites (tertiary alicyclic amines) is 1. The van der Waals surface area contributed by atoms with Gasteiger partial charge in [-0.05, 0) is 64.5 Å². The molecule has 3 nitrogen and oxygen atoms in total. The first-order valence-corrected chi connectivity index (χ1v) is 6.38. The van der Waals surface area contributed by atoms with Crippen molar-refractivity contribution in [1.29, 1.82) is 0 Å². The van der Waals surface area contributed by atoms with Crippen LogP contribution in [0.3, 0.4) is 0 Å². The van der Waals surface area contributed by atoms with E-state index >= 15 is 0 Å². The predicted molar refractivity (Wildman–Crippen MR) is 59.8 cm³/mol. The molecule has 4 fully saturated rings. The standard InChI is InChI=1S/C12H20N2O/c15-13-11-3-6-12(7-4-11,8-5-11)14-9-1-2-10-14/h1-10H2. The monoisotopic (exact) mass is 208 g/mol. The normalized spacial score (nSPS) is 45.9. The molecule has 84 valence electrons. The minimum Gasteiger partial charge on any atom is -0.298 e. The molecule has 0 aromatic rings. The Hall–Kier alpha value is -0.440. The molecule has 4 aliphatic rings. The van der Waals surface area contributed by atoms with Crippen molar-refractivity contribution in [1.82, 2.24) is 4.90 Å². The third-order valence-corrected chi connectivity index (χ3v) is 5.14. The Bertz CT molecular complexity index is 246. The highest BCUT2D eigenvalue weighted by Gasteiger charge is 2.52. The number of hydrogen-bond acceptors (Lipinski definition) is 3. The lowest BCUT2D eigenvalue weighted by Crippen LogP contribution is -2.57. The summed E-state index contributed by atoms with van der Waals surface area (Å²) in [6, 6.07) is 0. The van der Waals surface area contributed by atoms with Gasteiger partial charge in [0.15, 0.2) is 0 Å². The first-order chi connectivity index (χ1) is 7.29. The summed E-state index contributed by atoms with van der Waals surface area (Å²) in [5.41, 5.74) is 0.324. The largest absolute Gasteiger partial charge is 0.298 e. The van der Waals surface area contributed by atoms with E-state index in [1.807, 2.05) is 0 Å². The molecule has 1 aliphatic heterocycles. The van der Waals surface area contributed by atoms with E-state index in [4.69, 9.17) is 0 Å². The van der Waals surface area contributed by atoms with Gasteiger partial charge in [0, 0.05) is 5.54 Å². The van der Waals surface area contributed by atoms with Crippen LogP contribution in [0.1, 0.15) is 51.4 Å². The zero-order chi connectivity index (χ0) is 10.4. The van der Waals surface area contributed by atoms with Gasteiger partial charge in [-0.2, -0.15) is 4.91 Å². The summed E-state index contributed by atoms with van der Waals surface area (Å²) >= 11 is 0. The van der Waals surface area contributed by atoms with Gasteiger partial charge in [0.1, 0.15) is 5.54 Å². The Kier molecular flexibility index (Phi) is 2.13. The molecule has 0 amide bonds. The zero-order valence-electron chi connectivity index (χ0n) is 9.37. The molecule has 0 aromatic carbocycles. The van der Waals surface area contributed by atoms with Crippen LogP contribution < -0.4 is 0 Å². The topological polar surface area (TPSA) is 32.7 Å². The first-order valence-electron chi connectivity index (χ1n) is 6.38. The van der Waals surface area contributed by atoms with Crippen LogP contribution in [0.15, 0.2) is 5.18 Å². The van der Waals surface area contributed by atoms with Crippen molar-refractivity contribution in [3.8, 4) is 0 Å². The summed E-state index contributed by atoms with van der Waals surface area (Å²) < 4.78 is 0. The summed E-state index contributed by atoms with van der Waals surface area (Å²) in [6.45, 7) is 2.59. The Morgan fingerprint density at radius 1 is 0.867 bits per heavy atom. The summed E-state index contributed by atoms with van der Waals surface area (Å²) in [4.78, 5) is 13.6. The van der Waals surface area contributed by atoms with Crippen molar-refractivity contribution in [2.24, 2.45) is 5.18 Å². The highest BCUT2D eigenvalue weighted by Crippen LogP contribution is 2.52. The van der Waals surface area contributed by atoms with Crippen LogP contribution in [-0.2, 0) is 0 Å². The van der Waals surface area contributed by atoms with Crippen LogP contribution >= 0.6 is 0 Å². The third-order valence-electron chi connectivity index (χ3n) is 5.14. The van der Waals surface area contributed by atoms with Gasteiger partial charge in [-0.3, -0.25) is 4.90 Å². The number of nitroso groups, excluding NO2 is 1. The van der Waals surface area contributed by atoms with Gasteiger partial charge in [-0.25, -0.2) is 0 Å². The molecule has 1 heterocycles. The van der Waals surface area contributed by atoms with Crippen molar-refractivity contribution in [2.75, 3.05) is 13.1 Å². The third kappa shape index (κ3) is 1.36. The Morgan fingerprint density at radius 2 is 1.40 bits per heavy atom. The maximum absolute atomic E-state index is 10.9. The smallest absolute Gasteiger partial charge is 0.103 e. The van der Waals surface area contributed by atoms with E-state index in [2.05, 4.69) is 10.1 Å². The summed E-state index contributed by atoms with van der Waals surface area (Å²) in [5, 5.41) is 3.42. The van der Waals surface area contributed by atoms with Gasteiger partial charge in [-0.1, -0.05) is 5.18 Å². The van der Waals surface area contributed by atoms with Crippen LogP contribution in [0.2, 0.25) is 0 Å². The fourth-order valence-corrected chi connectivity index (χ4v) is 3.95. The van der Waals surface area contributed by atoms with Gasteiger partial charge in [0.05, 0.1) is 0 Å². The predicted octanol–water partition coefficient (Wildman–Crippen LogP) is 2.69. The molecular weight excluding hydrogens is 188 g/mol. The van der Waals surface area contributed by atoms with E-state index in [1.165, 1.54) is 45.2 Å². The van der Waals surface area contributed by atoms with E-state index in [9.17, 15) is 4.91 Å². The summed E-state index contributed by atoms with van der Waals surface area (Å²) in [6.07, 6.45) is 9.56. The van der Waals surface area contributed by atoms with Crippen LogP contribution in [0.25, 0.3) is 0 Å². The molecule has 4 rings (SSSR count). The van der Waals surface area contributed by atoms with Crippen LogP contribution in [0.5, 0.6) is 0 Å². The molecule has 1 saturated heterocycles. The van der Waals surface area contributed by atoms with Crippen molar-refractivity contribution in [3.63, 3.8) is 0 Å². The lowest BCUT2D eigenvalue weighted by molar-refractivity contribution is -0.00779. The Balaban J connectivity index is 1.77. The fourth-order valence-electron chi connectivity index (χ4n) is 3.95. The van der Waals surface area contributed by atoms with E-state index in [-0.39, 0.29) is 5.54 Å². The van der Waals surface area contributed by atoms with E-state index < -0.39 is 0 Å². The fraction of sp³-hybridized carbons (Fsp3) is 1.00. The molecule has 0 spiro atoms. The average Bonchev–Trinajstić information content (AvgIpc) is 2.86. The summed E-state index contributed by atoms with van der Waals surface area (Å²) in [5.74, 6) is 0. The molecular formula is C12H20N2O. The highest BCUT2D eigenvalue weighted by atomic mass is 16.3. The summed E-state index contributed by atoms with van der Waals surface area (Å²) in [7, 11) is 0. The molecule has 0 N–H and O–H groups in total. The number of rotatable bonds is 2. The van der Waals surface area contributed by atoms with E-state index in [0.29, 0.717) is 5.54 Å². The zero-order valence-corrected chi connectivity index (χ0v) is 9.37. The second-order valence-electron chi connectivity index (χ2n) is 5.73. The molecule has 0 aromatic heterocycles. The minimum atomic E-state index is -0.151. The number of fused-ring (bicyclic) bond motifs is 3. The highest BCUT2D eigenvalue weighted by molar-refractivity contribution is 5.09. The van der Waals surface area contributed by atoms with Gasteiger partial charge in [-0.15, -0.1) is 0 Å². The molecule has 3 saturated carbocycles. The van der Waals surface area contributed by atoms with Gasteiger partial charge in [0.25, 0.3) is 0 Å². The molecule has 2 bridgehead atoms. The quantitative estimate of drug-likeness (QED) is 0.654. The van der Waals surface area contributed by atoms with Crippen molar-refractivity contribution >= 4 is 0 Å². The van der Waals surface area contributed by atoms with Crippen LogP contribution in [0.4, 0.5) is 0 Å². The number of hydrogen-bond donors (Lipinski definition) is 0. The minimum absolute atomic E-state index is 0.151. The van der Waals surface area contributed by atoms with Gasteiger partial charge in [0.2, 0.25) is 0 Å². The number of nitrogens with zero attached hydrogens (tertiary/aromatic N) is 2. The van der Waals surface area contributed by atoms with Crippen molar-refractivity contribution in [2.45, 2.75) is 62.4 Å². The van der Waals surface area contributed by atoms with Crippen molar-refractivity contribution < 1.29 is 0 Å². The second-order valence-corrected chi connectivity index (χ2v) is 5.73. The Labute approximate surface area is 91.2 Å². The molecule has 15 heavy (non-hydrogen) atoms. The van der Waals surface area contributed by atoms with E-state index in [1.54, 1.807) is 0 Å². The SMILES string of the molecule is O=NC12CCC(N3CCCC3)(CC1)CC2. The maximum atomic E-state index is 10.9. The van der Waals surface area contributed by atoms with Crippen LogP contribution in [0, 0.1) is 4.91 Å². The van der Waals surface area contributed by atoms with E-state index in [0.717, 1.165) is 19.3 Å². The first kappa shape index (κ1) is 9.76. The molecule has 0 atom stereocenters. The van der Waals surface area contributed by atoms with Crippen molar-refractivity contribution in [3.05, 3.63) is 4.91 Å². The molecule has 3 aliphatic carbocycles. The molecule has 0 unspecified atom stereocenters. The Morgan fingerprint density at radius 3 is 1.87 bits per heavy atom. The maximum Gasteiger partial charge on any atom is 0.103 e. The van der Waals surface area contributed by atoms with Crippen LogP contribution in [-0.4, -0.2) is 29.1 Å². The average molecular weight is 208 g/mol.